The number of esters is 1. The first-order valence-corrected chi connectivity index (χ1v) is 5.98. The van der Waals surface area contributed by atoms with Crippen molar-refractivity contribution in [2.75, 3.05) is 34.3 Å². The number of carbonyl (C=O) groups is 1. The van der Waals surface area contributed by atoms with Gasteiger partial charge in [0.05, 0.1) is 21.1 Å². The molecule has 1 unspecified atom stereocenters. The van der Waals surface area contributed by atoms with Gasteiger partial charge in [0.2, 0.25) is 0 Å². The maximum atomic E-state index is 11.1. The number of hydrogen-bond donors (Lipinski definition) is 1. The molecule has 0 aromatic carbocycles. The van der Waals surface area contributed by atoms with Gasteiger partial charge >= 0.3 is 5.97 Å². The lowest BCUT2D eigenvalue weighted by atomic mass is 10.5. The van der Waals surface area contributed by atoms with Crippen LogP contribution in [0.1, 0.15) is 6.92 Å². The molecule has 0 saturated carbocycles. The van der Waals surface area contributed by atoms with Crippen LogP contribution in [0.4, 0.5) is 0 Å². The molecule has 0 bridgehead atoms. The van der Waals surface area contributed by atoms with E-state index in [1.54, 1.807) is 0 Å². The number of ether oxygens (including phenoxy) is 1. The van der Waals surface area contributed by atoms with Gasteiger partial charge in [0.25, 0.3) is 10.1 Å². The molecule has 0 spiro atoms. The molecule has 0 saturated heterocycles. The van der Waals surface area contributed by atoms with Crippen LogP contribution in [0.3, 0.4) is 0 Å². The number of nitrogens with zero attached hydrogens (tertiary/aromatic N) is 1. The molecule has 0 aliphatic rings. The molecule has 0 aromatic heterocycles. The minimum Gasteiger partial charge on any atom is -0.459 e. The summed E-state index contributed by atoms with van der Waals surface area (Å²) in [5, 5.41) is -1.52. The standard InChI is InChI=1S/C8H17NO5S/c1-7(15(11,12)13)8(10)14-6-5-9(2,3)4/h7H,5-6H2,1-4H3/p+1. The van der Waals surface area contributed by atoms with Crippen LogP contribution in [0.5, 0.6) is 0 Å². The molecule has 0 aromatic rings. The number of likely N-dealkylation sites (N-methyl/N-ethyl adjacent to an activating group) is 1. The lowest BCUT2D eigenvalue weighted by molar-refractivity contribution is -0.870. The first-order chi connectivity index (χ1) is 6.54. The van der Waals surface area contributed by atoms with Crippen LogP contribution in [0.25, 0.3) is 0 Å². The summed E-state index contributed by atoms with van der Waals surface area (Å²) in [6.07, 6.45) is 0. The predicted octanol–water partition coefficient (Wildman–Crippen LogP) is -0.488. The van der Waals surface area contributed by atoms with Gasteiger partial charge in [-0.2, -0.15) is 8.42 Å². The SMILES string of the molecule is CC(C(=O)OCC[N+](C)(C)C)S(=O)(=O)O. The second-order valence-corrected chi connectivity index (χ2v) is 6.08. The zero-order valence-corrected chi connectivity index (χ0v) is 10.2. The Morgan fingerprint density at radius 2 is 1.87 bits per heavy atom. The van der Waals surface area contributed by atoms with Crippen LogP contribution in [0.2, 0.25) is 0 Å². The average molecular weight is 240 g/mol. The van der Waals surface area contributed by atoms with Crippen LogP contribution < -0.4 is 0 Å². The molecule has 0 aliphatic carbocycles. The zero-order chi connectivity index (χ0) is 12.3. The summed E-state index contributed by atoms with van der Waals surface area (Å²) in [6, 6.07) is 0. The lowest BCUT2D eigenvalue weighted by Gasteiger charge is -2.23. The lowest BCUT2D eigenvalue weighted by Crippen LogP contribution is -2.39. The zero-order valence-electron chi connectivity index (χ0n) is 9.43. The van der Waals surface area contributed by atoms with Crippen LogP contribution in [0, 0.1) is 0 Å². The topological polar surface area (TPSA) is 80.7 Å². The molecule has 7 heteroatoms. The Kier molecular flexibility index (Phi) is 4.69. The molecule has 0 heterocycles. The van der Waals surface area contributed by atoms with Crippen molar-refractivity contribution < 1.29 is 27.0 Å². The summed E-state index contributed by atoms with van der Waals surface area (Å²) in [6.45, 7) is 1.79. The Balaban J connectivity index is 4.07. The number of rotatable bonds is 5. The van der Waals surface area contributed by atoms with Crippen LogP contribution in [-0.4, -0.2) is 63.0 Å². The van der Waals surface area contributed by atoms with Crippen LogP contribution in [0.15, 0.2) is 0 Å². The van der Waals surface area contributed by atoms with Gasteiger partial charge in [0.15, 0.2) is 5.25 Å². The Bertz CT molecular complexity index is 316. The Labute approximate surface area is 90.2 Å². The minimum atomic E-state index is -4.35. The van der Waals surface area contributed by atoms with Crippen molar-refractivity contribution in [1.82, 2.24) is 0 Å². The van der Waals surface area contributed by atoms with E-state index in [1.165, 1.54) is 0 Å². The van der Waals surface area contributed by atoms with Crippen LogP contribution >= 0.6 is 0 Å². The van der Waals surface area contributed by atoms with E-state index in [1.807, 2.05) is 21.1 Å². The number of quaternary nitrogens is 1. The highest BCUT2D eigenvalue weighted by Gasteiger charge is 2.27. The smallest absolute Gasteiger partial charge is 0.326 e. The van der Waals surface area contributed by atoms with Gasteiger partial charge in [-0.25, -0.2) is 0 Å². The van der Waals surface area contributed by atoms with Gasteiger partial charge in [-0.1, -0.05) is 0 Å². The molecule has 0 aliphatic heterocycles. The van der Waals surface area contributed by atoms with Gasteiger partial charge in [0, 0.05) is 0 Å². The molecule has 90 valence electrons. The highest BCUT2D eigenvalue weighted by Crippen LogP contribution is 2.00. The van der Waals surface area contributed by atoms with Gasteiger partial charge in [-0.3, -0.25) is 9.35 Å². The van der Waals surface area contributed by atoms with E-state index in [0.29, 0.717) is 11.0 Å². The average Bonchev–Trinajstić information content (AvgIpc) is 1.98. The molecule has 0 amide bonds. The molecule has 0 radical (unpaired) electrons. The van der Waals surface area contributed by atoms with Crippen molar-refractivity contribution in [3.8, 4) is 0 Å². The normalized spacial score (nSPS) is 14.7. The molecule has 0 rings (SSSR count). The Hall–Kier alpha value is -0.660. The maximum Gasteiger partial charge on any atom is 0.326 e. The van der Waals surface area contributed by atoms with Gasteiger partial charge < -0.3 is 9.22 Å². The first-order valence-electron chi connectivity index (χ1n) is 4.47. The molecule has 1 N–H and O–H groups in total. The van der Waals surface area contributed by atoms with E-state index < -0.39 is 21.3 Å². The summed E-state index contributed by atoms with van der Waals surface area (Å²) >= 11 is 0. The summed E-state index contributed by atoms with van der Waals surface area (Å²) in [4.78, 5) is 11.1. The largest absolute Gasteiger partial charge is 0.459 e. The number of carbonyl (C=O) groups excluding carboxylic acids is 1. The predicted molar refractivity (Wildman–Crippen MR) is 54.9 cm³/mol. The molecule has 1 atom stereocenters. The van der Waals surface area contributed by atoms with Crippen molar-refractivity contribution in [3.63, 3.8) is 0 Å². The maximum absolute atomic E-state index is 11.1. The molecular weight excluding hydrogens is 222 g/mol. The summed E-state index contributed by atoms with van der Waals surface area (Å²) in [5.41, 5.74) is 0. The summed E-state index contributed by atoms with van der Waals surface area (Å²) in [5.74, 6) is -0.925. The Morgan fingerprint density at radius 1 is 1.40 bits per heavy atom. The van der Waals surface area contributed by atoms with Crippen LogP contribution in [-0.2, 0) is 19.6 Å². The monoisotopic (exact) mass is 240 g/mol. The van der Waals surface area contributed by atoms with Crippen molar-refractivity contribution in [2.24, 2.45) is 0 Å². The van der Waals surface area contributed by atoms with E-state index in [2.05, 4.69) is 0 Å². The van der Waals surface area contributed by atoms with Crippen molar-refractivity contribution in [2.45, 2.75) is 12.2 Å². The highest BCUT2D eigenvalue weighted by atomic mass is 32.2. The molecular formula is C8H18NO5S+. The Morgan fingerprint density at radius 3 is 2.20 bits per heavy atom. The van der Waals surface area contributed by atoms with Crippen molar-refractivity contribution in [1.29, 1.82) is 0 Å². The highest BCUT2D eigenvalue weighted by molar-refractivity contribution is 7.87. The fourth-order valence-corrected chi connectivity index (χ4v) is 0.970. The van der Waals surface area contributed by atoms with E-state index in [0.717, 1.165) is 6.92 Å². The van der Waals surface area contributed by atoms with E-state index >= 15 is 0 Å². The van der Waals surface area contributed by atoms with Gasteiger partial charge in [-0.15, -0.1) is 0 Å². The van der Waals surface area contributed by atoms with E-state index in [9.17, 15) is 13.2 Å². The number of hydrogen-bond acceptors (Lipinski definition) is 4. The minimum absolute atomic E-state index is 0.127. The summed E-state index contributed by atoms with van der Waals surface area (Å²) in [7, 11) is 1.40. The third kappa shape index (κ3) is 6.43. The quantitative estimate of drug-likeness (QED) is 0.398. The third-order valence-corrected chi connectivity index (χ3v) is 2.87. The van der Waals surface area contributed by atoms with Gasteiger partial charge in [0.1, 0.15) is 13.2 Å². The van der Waals surface area contributed by atoms with Gasteiger partial charge in [-0.05, 0) is 6.92 Å². The van der Waals surface area contributed by atoms with E-state index in [-0.39, 0.29) is 6.61 Å². The second-order valence-electron chi connectivity index (χ2n) is 4.34. The van der Waals surface area contributed by atoms with Crippen molar-refractivity contribution in [3.05, 3.63) is 0 Å². The third-order valence-electron chi connectivity index (χ3n) is 1.79. The van der Waals surface area contributed by atoms with E-state index in [4.69, 9.17) is 9.29 Å². The molecule has 6 nitrogen and oxygen atoms in total. The second kappa shape index (κ2) is 4.91. The molecule has 15 heavy (non-hydrogen) atoms. The van der Waals surface area contributed by atoms with Crippen molar-refractivity contribution >= 4 is 16.1 Å². The fourth-order valence-electron chi connectivity index (χ4n) is 0.659. The first kappa shape index (κ1) is 14.3. The molecule has 0 fully saturated rings. The fraction of sp³-hybridized carbons (Fsp3) is 0.875. The summed E-state index contributed by atoms with van der Waals surface area (Å²) < 4.78 is 35.1.